The number of aromatic amines is 1. The Kier molecular flexibility index (Phi) is 3.99. The molecule has 3 heterocycles. The lowest BCUT2D eigenvalue weighted by molar-refractivity contribution is -0.124. The smallest absolute Gasteiger partial charge is 0.270 e. The third-order valence-electron chi connectivity index (χ3n) is 5.38. The SMILES string of the molecule is CC[C@@H]1OC2(CCN(C(=O)c3cc4c(C)cc(F)cc4[nH]3)CC2)NC1=O. The number of aryl methyl sites for hydroxylation is 1. The maximum atomic E-state index is 13.6. The standard InChI is InChI=1S/C19H22FN3O3/c1-3-16-17(24)22-19(26-16)4-6-23(7-5-19)18(25)15-10-13-11(2)8-12(20)9-14(13)21-15/h8-10,16,21H,3-7H2,1-2H3,(H,22,24)/t16-/m0/s1. The van der Waals surface area contributed by atoms with E-state index in [1.54, 1.807) is 11.0 Å². The number of likely N-dealkylation sites (tertiary alicyclic amines) is 1. The highest BCUT2D eigenvalue weighted by Crippen LogP contribution is 2.31. The Morgan fingerprint density at radius 2 is 2.08 bits per heavy atom. The van der Waals surface area contributed by atoms with Crippen LogP contribution in [0.2, 0.25) is 0 Å². The zero-order valence-electron chi connectivity index (χ0n) is 14.9. The molecular weight excluding hydrogens is 337 g/mol. The number of piperidine rings is 1. The van der Waals surface area contributed by atoms with Gasteiger partial charge >= 0.3 is 0 Å². The third-order valence-corrected chi connectivity index (χ3v) is 5.38. The lowest BCUT2D eigenvalue weighted by Gasteiger charge is -2.38. The number of nitrogens with zero attached hydrogens (tertiary/aromatic N) is 1. The Morgan fingerprint density at radius 1 is 1.35 bits per heavy atom. The molecule has 0 radical (unpaired) electrons. The van der Waals surface area contributed by atoms with Crippen molar-refractivity contribution in [2.24, 2.45) is 0 Å². The van der Waals surface area contributed by atoms with E-state index in [1.807, 2.05) is 13.8 Å². The van der Waals surface area contributed by atoms with Crippen LogP contribution in [-0.4, -0.2) is 46.6 Å². The van der Waals surface area contributed by atoms with Gasteiger partial charge < -0.3 is 19.9 Å². The quantitative estimate of drug-likeness (QED) is 0.865. The molecule has 1 aromatic carbocycles. The van der Waals surface area contributed by atoms with Crippen LogP contribution in [0.1, 0.15) is 42.2 Å². The molecular formula is C19H22FN3O3. The van der Waals surface area contributed by atoms with Gasteiger partial charge in [-0.1, -0.05) is 6.92 Å². The summed E-state index contributed by atoms with van der Waals surface area (Å²) in [4.78, 5) is 29.5. The van der Waals surface area contributed by atoms with Crippen molar-refractivity contribution in [1.29, 1.82) is 0 Å². The summed E-state index contributed by atoms with van der Waals surface area (Å²) in [5, 5.41) is 3.80. The van der Waals surface area contributed by atoms with Gasteiger partial charge in [0.25, 0.3) is 11.8 Å². The maximum Gasteiger partial charge on any atom is 0.270 e. The molecule has 2 fully saturated rings. The molecule has 0 aliphatic carbocycles. The van der Waals surface area contributed by atoms with Gasteiger partial charge in [0, 0.05) is 36.8 Å². The average Bonchev–Trinajstić information content (AvgIpc) is 3.16. The van der Waals surface area contributed by atoms with E-state index in [2.05, 4.69) is 10.3 Å². The van der Waals surface area contributed by atoms with Crippen LogP contribution in [0, 0.1) is 12.7 Å². The minimum absolute atomic E-state index is 0.0691. The molecule has 0 unspecified atom stereocenters. The Bertz CT molecular complexity index is 884. The van der Waals surface area contributed by atoms with Crippen LogP contribution >= 0.6 is 0 Å². The van der Waals surface area contributed by atoms with Crippen molar-refractivity contribution >= 4 is 22.7 Å². The van der Waals surface area contributed by atoms with Crippen molar-refractivity contribution in [3.63, 3.8) is 0 Å². The molecule has 0 saturated carbocycles. The summed E-state index contributed by atoms with van der Waals surface area (Å²) < 4.78 is 19.5. The molecule has 1 atom stereocenters. The Hall–Kier alpha value is -2.41. The molecule has 4 rings (SSSR count). The van der Waals surface area contributed by atoms with Crippen molar-refractivity contribution in [3.05, 3.63) is 35.3 Å². The van der Waals surface area contributed by atoms with Crippen LogP contribution in [0.4, 0.5) is 4.39 Å². The fourth-order valence-corrected chi connectivity index (χ4v) is 3.90. The van der Waals surface area contributed by atoms with Crippen molar-refractivity contribution < 1.29 is 18.7 Å². The van der Waals surface area contributed by atoms with Crippen molar-refractivity contribution in [3.8, 4) is 0 Å². The number of benzene rings is 1. The highest BCUT2D eigenvalue weighted by molar-refractivity contribution is 5.99. The average molecular weight is 359 g/mol. The number of hydrogen-bond donors (Lipinski definition) is 2. The van der Waals surface area contributed by atoms with Crippen molar-refractivity contribution in [2.45, 2.75) is 44.9 Å². The summed E-state index contributed by atoms with van der Waals surface area (Å²) in [6, 6.07) is 4.63. The Balaban J connectivity index is 1.49. The van der Waals surface area contributed by atoms with Gasteiger partial charge in [-0.25, -0.2) is 4.39 Å². The number of H-pyrrole nitrogens is 1. The van der Waals surface area contributed by atoms with Gasteiger partial charge in [-0.05, 0) is 37.1 Å². The number of rotatable bonds is 2. The van der Waals surface area contributed by atoms with Crippen LogP contribution in [0.25, 0.3) is 10.9 Å². The molecule has 138 valence electrons. The minimum Gasteiger partial charge on any atom is -0.350 e. The summed E-state index contributed by atoms with van der Waals surface area (Å²) in [5.41, 5.74) is 1.22. The van der Waals surface area contributed by atoms with E-state index >= 15 is 0 Å². The summed E-state index contributed by atoms with van der Waals surface area (Å²) in [7, 11) is 0. The first-order valence-electron chi connectivity index (χ1n) is 8.99. The molecule has 2 aromatic rings. The number of halogens is 1. The largest absolute Gasteiger partial charge is 0.350 e. The Labute approximate surface area is 150 Å². The van der Waals surface area contributed by atoms with Crippen molar-refractivity contribution in [1.82, 2.24) is 15.2 Å². The van der Waals surface area contributed by atoms with Gasteiger partial charge in [0.1, 0.15) is 23.3 Å². The molecule has 2 aliphatic heterocycles. The topological polar surface area (TPSA) is 74.4 Å². The highest BCUT2D eigenvalue weighted by Gasteiger charge is 2.46. The van der Waals surface area contributed by atoms with Gasteiger partial charge in [-0.15, -0.1) is 0 Å². The van der Waals surface area contributed by atoms with E-state index in [-0.39, 0.29) is 17.6 Å². The molecule has 1 spiro atoms. The maximum absolute atomic E-state index is 13.6. The number of carbonyl (C=O) groups excluding carboxylic acids is 2. The lowest BCUT2D eigenvalue weighted by atomic mass is 10.0. The van der Waals surface area contributed by atoms with Crippen LogP contribution in [0.15, 0.2) is 18.2 Å². The molecule has 26 heavy (non-hydrogen) atoms. The third kappa shape index (κ3) is 2.76. The fraction of sp³-hybridized carbons (Fsp3) is 0.474. The van der Waals surface area contributed by atoms with Crippen LogP contribution in [0.5, 0.6) is 0 Å². The number of aromatic nitrogens is 1. The first-order valence-corrected chi connectivity index (χ1v) is 8.99. The summed E-state index contributed by atoms with van der Waals surface area (Å²) >= 11 is 0. The van der Waals surface area contributed by atoms with E-state index in [1.165, 1.54) is 12.1 Å². The monoisotopic (exact) mass is 359 g/mol. The molecule has 7 heteroatoms. The van der Waals surface area contributed by atoms with E-state index in [0.29, 0.717) is 43.6 Å². The summed E-state index contributed by atoms with van der Waals surface area (Å²) in [5.74, 6) is -0.511. The van der Waals surface area contributed by atoms with E-state index in [9.17, 15) is 14.0 Å². The number of nitrogens with one attached hydrogen (secondary N) is 2. The number of carbonyl (C=O) groups is 2. The van der Waals surface area contributed by atoms with Crippen molar-refractivity contribution in [2.75, 3.05) is 13.1 Å². The molecule has 1 aromatic heterocycles. The van der Waals surface area contributed by atoms with Crippen LogP contribution in [0.3, 0.4) is 0 Å². The second kappa shape index (κ2) is 6.09. The molecule has 2 aliphatic rings. The fourth-order valence-electron chi connectivity index (χ4n) is 3.90. The first kappa shape index (κ1) is 17.0. The minimum atomic E-state index is -0.644. The summed E-state index contributed by atoms with van der Waals surface area (Å²) in [6.45, 7) is 4.74. The molecule has 0 bridgehead atoms. The van der Waals surface area contributed by atoms with Gasteiger partial charge in [0.05, 0.1) is 0 Å². The van der Waals surface area contributed by atoms with E-state index in [0.717, 1.165) is 10.9 Å². The molecule has 2 saturated heterocycles. The van der Waals surface area contributed by atoms with Crippen LogP contribution < -0.4 is 5.32 Å². The van der Waals surface area contributed by atoms with E-state index in [4.69, 9.17) is 4.74 Å². The van der Waals surface area contributed by atoms with Gasteiger partial charge in [0.2, 0.25) is 0 Å². The van der Waals surface area contributed by atoms with E-state index < -0.39 is 11.8 Å². The molecule has 2 amide bonds. The lowest BCUT2D eigenvalue weighted by Crippen LogP contribution is -2.53. The zero-order chi connectivity index (χ0) is 18.5. The zero-order valence-corrected chi connectivity index (χ0v) is 14.9. The Morgan fingerprint density at radius 3 is 2.73 bits per heavy atom. The number of hydrogen-bond acceptors (Lipinski definition) is 3. The van der Waals surface area contributed by atoms with Gasteiger partial charge in [-0.2, -0.15) is 0 Å². The first-order chi connectivity index (χ1) is 12.4. The highest BCUT2D eigenvalue weighted by atomic mass is 19.1. The second-order valence-electron chi connectivity index (χ2n) is 7.16. The predicted octanol–water partition coefficient (Wildman–Crippen LogP) is 2.47. The molecule has 6 nitrogen and oxygen atoms in total. The number of amides is 2. The van der Waals surface area contributed by atoms with Gasteiger partial charge in [0.15, 0.2) is 0 Å². The molecule has 2 N–H and O–H groups in total. The number of fused-ring (bicyclic) bond motifs is 1. The number of ether oxygens (including phenoxy) is 1. The normalized spacial score (nSPS) is 22.2. The van der Waals surface area contributed by atoms with Gasteiger partial charge in [-0.3, -0.25) is 9.59 Å². The van der Waals surface area contributed by atoms with Crippen LogP contribution in [-0.2, 0) is 9.53 Å². The predicted molar refractivity (Wildman–Crippen MR) is 94.2 cm³/mol. The second-order valence-corrected chi connectivity index (χ2v) is 7.16. The summed E-state index contributed by atoms with van der Waals surface area (Å²) in [6.07, 6.45) is 1.37.